The van der Waals surface area contributed by atoms with Crippen molar-refractivity contribution in [3.05, 3.63) is 50.9 Å². The molecule has 2 rings (SSSR count). The summed E-state index contributed by atoms with van der Waals surface area (Å²) < 4.78 is 5.15. The minimum absolute atomic E-state index is 0.00692. The van der Waals surface area contributed by atoms with E-state index < -0.39 is 11.5 Å². The zero-order valence-electron chi connectivity index (χ0n) is 11.6. The maximum Gasteiger partial charge on any atom is 0.266 e. The summed E-state index contributed by atoms with van der Waals surface area (Å²) in [5.74, 6) is -0.318. The van der Waals surface area contributed by atoms with Crippen LogP contribution in [0.3, 0.4) is 0 Å². The Bertz CT molecular complexity index is 837. The van der Waals surface area contributed by atoms with Crippen molar-refractivity contribution in [1.29, 1.82) is 5.26 Å². The van der Waals surface area contributed by atoms with Gasteiger partial charge in [-0.1, -0.05) is 17.7 Å². The highest BCUT2D eigenvalue weighted by Crippen LogP contribution is 2.31. The normalized spacial score (nSPS) is 10.0. The molecule has 1 amide bonds. The number of hydrogen-bond acceptors (Lipinski definition) is 4. The van der Waals surface area contributed by atoms with Crippen molar-refractivity contribution in [2.75, 3.05) is 6.61 Å². The van der Waals surface area contributed by atoms with Crippen LogP contribution in [0.5, 0.6) is 5.75 Å². The average molecular weight is 318 g/mol. The number of nitrogens with two attached hydrogens (primary N) is 1. The summed E-state index contributed by atoms with van der Waals surface area (Å²) in [4.78, 5) is 25.1. The summed E-state index contributed by atoms with van der Waals surface area (Å²) in [7, 11) is 0. The standard InChI is InChI=1S/C15H12ClN3O3/c1-8-4-10(11(6-17)15(21)19-8)9-2-3-13(12(16)5-9)22-7-14(18)20/h2-5H,7H2,1H3,(H2,18,20)(H,19,21). The molecule has 22 heavy (non-hydrogen) atoms. The van der Waals surface area contributed by atoms with Crippen LogP contribution in [0, 0.1) is 18.3 Å². The molecule has 1 aromatic carbocycles. The first-order valence-electron chi connectivity index (χ1n) is 6.27. The van der Waals surface area contributed by atoms with Crippen LogP contribution in [-0.4, -0.2) is 17.5 Å². The minimum atomic E-state index is -0.614. The predicted molar refractivity (Wildman–Crippen MR) is 81.7 cm³/mol. The Kier molecular flexibility index (Phi) is 4.49. The number of primary amides is 1. The van der Waals surface area contributed by atoms with Crippen LogP contribution < -0.4 is 16.0 Å². The summed E-state index contributed by atoms with van der Waals surface area (Å²) >= 11 is 6.09. The summed E-state index contributed by atoms with van der Waals surface area (Å²) in [6.45, 7) is 1.44. The molecule has 0 aliphatic rings. The quantitative estimate of drug-likeness (QED) is 0.895. The molecule has 7 heteroatoms. The predicted octanol–water partition coefficient (Wildman–Crippen LogP) is 1.74. The van der Waals surface area contributed by atoms with Gasteiger partial charge in [0.1, 0.15) is 17.4 Å². The summed E-state index contributed by atoms with van der Waals surface area (Å²) in [6, 6.07) is 8.34. The molecule has 0 radical (unpaired) electrons. The van der Waals surface area contributed by atoms with Crippen molar-refractivity contribution in [2.45, 2.75) is 6.92 Å². The van der Waals surface area contributed by atoms with Gasteiger partial charge in [0, 0.05) is 11.3 Å². The number of nitrogens with one attached hydrogen (secondary N) is 1. The van der Waals surface area contributed by atoms with E-state index in [-0.39, 0.29) is 17.2 Å². The number of carbonyl (C=O) groups is 1. The highest BCUT2D eigenvalue weighted by Gasteiger charge is 2.12. The highest BCUT2D eigenvalue weighted by atomic mass is 35.5. The first-order chi connectivity index (χ1) is 10.4. The molecule has 3 N–H and O–H groups in total. The van der Waals surface area contributed by atoms with Crippen molar-refractivity contribution in [3.8, 4) is 22.9 Å². The zero-order valence-corrected chi connectivity index (χ0v) is 12.4. The number of benzene rings is 1. The lowest BCUT2D eigenvalue weighted by molar-refractivity contribution is -0.119. The Labute approximate surface area is 131 Å². The molecule has 112 valence electrons. The fourth-order valence-corrected chi connectivity index (χ4v) is 2.20. The molecule has 0 aliphatic heterocycles. The second kappa shape index (κ2) is 6.33. The van der Waals surface area contributed by atoms with E-state index in [9.17, 15) is 9.59 Å². The Morgan fingerprint density at radius 2 is 2.18 bits per heavy atom. The number of aromatic amines is 1. The topological polar surface area (TPSA) is 109 Å². The number of nitriles is 1. The van der Waals surface area contributed by atoms with Crippen molar-refractivity contribution < 1.29 is 9.53 Å². The monoisotopic (exact) mass is 317 g/mol. The van der Waals surface area contributed by atoms with Crippen molar-refractivity contribution in [2.24, 2.45) is 5.73 Å². The lowest BCUT2D eigenvalue weighted by Gasteiger charge is -2.09. The van der Waals surface area contributed by atoms with E-state index >= 15 is 0 Å². The van der Waals surface area contributed by atoms with E-state index in [1.165, 1.54) is 0 Å². The maximum absolute atomic E-state index is 11.8. The van der Waals surface area contributed by atoms with Gasteiger partial charge in [-0.15, -0.1) is 0 Å². The third-order valence-corrected chi connectivity index (χ3v) is 3.19. The van der Waals surface area contributed by atoms with Crippen LogP contribution >= 0.6 is 11.6 Å². The fourth-order valence-electron chi connectivity index (χ4n) is 1.96. The highest BCUT2D eigenvalue weighted by molar-refractivity contribution is 6.32. The number of H-pyrrole nitrogens is 1. The molecule has 0 spiro atoms. The molecular weight excluding hydrogens is 306 g/mol. The van der Waals surface area contributed by atoms with E-state index in [0.717, 1.165) is 0 Å². The molecule has 0 saturated heterocycles. The summed E-state index contributed by atoms with van der Waals surface area (Å²) in [5.41, 5.74) is 6.26. The smallest absolute Gasteiger partial charge is 0.266 e. The average Bonchev–Trinajstić information content (AvgIpc) is 2.45. The number of rotatable bonds is 4. The Balaban J connectivity index is 2.47. The fraction of sp³-hybridized carbons (Fsp3) is 0.133. The van der Waals surface area contributed by atoms with Crippen LogP contribution in [-0.2, 0) is 4.79 Å². The van der Waals surface area contributed by atoms with Gasteiger partial charge in [-0.2, -0.15) is 5.26 Å². The number of aryl methyl sites for hydroxylation is 1. The second-order valence-electron chi connectivity index (χ2n) is 4.58. The minimum Gasteiger partial charge on any atom is -0.482 e. The first kappa shape index (κ1) is 15.6. The number of hydrogen-bond donors (Lipinski definition) is 2. The number of aromatic nitrogens is 1. The number of nitrogens with zero attached hydrogens (tertiary/aromatic N) is 1. The number of carbonyl (C=O) groups excluding carboxylic acids is 1. The van der Waals surface area contributed by atoms with Gasteiger partial charge in [-0.25, -0.2) is 0 Å². The van der Waals surface area contributed by atoms with Gasteiger partial charge in [0.2, 0.25) is 0 Å². The molecule has 0 aliphatic carbocycles. The molecule has 0 unspecified atom stereocenters. The third-order valence-electron chi connectivity index (χ3n) is 2.89. The Hall–Kier alpha value is -2.78. The summed E-state index contributed by atoms with van der Waals surface area (Å²) in [5, 5.41) is 9.39. The molecule has 2 aromatic rings. The van der Waals surface area contributed by atoms with E-state index in [1.807, 2.05) is 6.07 Å². The van der Waals surface area contributed by atoms with Gasteiger partial charge < -0.3 is 15.5 Å². The number of amides is 1. The van der Waals surface area contributed by atoms with E-state index in [2.05, 4.69) is 4.98 Å². The number of pyridine rings is 1. The van der Waals surface area contributed by atoms with E-state index in [0.29, 0.717) is 22.6 Å². The Morgan fingerprint density at radius 3 is 2.77 bits per heavy atom. The van der Waals surface area contributed by atoms with Crippen LogP contribution in [0.15, 0.2) is 29.1 Å². The molecular formula is C15H12ClN3O3. The van der Waals surface area contributed by atoms with E-state index in [4.69, 9.17) is 27.3 Å². The van der Waals surface area contributed by atoms with Crippen molar-refractivity contribution >= 4 is 17.5 Å². The van der Waals surface area contributed by atoms with Gasteiger partial charge >= 0.3 is 0 Å². The van der Waals surface area contributed by atoms with Crippen LogP contribution in [0.25, 0.3) is 11.1 Å². The van der Waals surface area contributed by atoms with Gasteiger partial charge in [-0.05, 0) is 30.7 Å². The largest absolute Gasteiger partial charge is 0.482 e. The number of halogens is 1. The summed E-state index contributed by atoms with van der Waals surface area (Å²) in [6.07, 6.45) is 0. The van der Waals surface area contributed by atoms with Crippen molar-refractivity contribution in [3.63, 3.8) is 0 Å². The van der Waals surface area contributed by atoms with Crippen LogP contribution in [0.1, 0.15) is 11.3 Å². The van der Waals surface area contributed by atoms with Crippen LogP contribution in [0.2, 0.25) is 5.02 Å². The maximum atomic E-state index is 11.8. The zero-order chi connectivity index (χ0) is 16.3. The number of ether oxygens (including phenoxy) is 1. The molecule has 0 atom stereocenters. The molecule has 1 aromatic heterocycles. The third kappa shape index (κ3) is 3.27. The first-order valence-corrected chi connectivity index (χ1v) is 6.65. The molecule has 0 fully saturated rings. The Morgan fingerprint density at radius 1 is 1.45 bits per heavy atom. The molecule has 1 heterocycles. The molecule has 0 bridgehead atoms. The van der Waals surface area contributed by atoms with Crippen molar-refractivity contribution in [1.82, 2.24) is 4.98 Å². The lowest BCUT2D eigenvalue weighted by Crippen LogP contribution is -2.20. The van der Waals surface area contributed by atoms with Gasteiger partial charge in [-0.3, -0.25) is 9.59 Å². The van der Waals surface area contributed by atoms with Gasteiger partial charge in [0.05, 0.1) is 5.02 Å². The van der Waals surface area contributed by atoms with Gasteiger partial charge in [0.25, 0.3) is 11.5 Å². The molecule has 0 saturated carbocycles. The van der Waals surface area contributed by atoms with E-state index in [1.54, 1.807) is 31.2 Å². The molecule has 6 nitrogen and oxygen atoms in total. The SMILES string of the molecule is Cc1cc(-c2ccc(OCC(N)=O)c(Cl)c2)c(C#N)c(=O)[nH]1. The lowest BCUT2D eigenvalue weighted by atomic mass is 10.0. The van der Waals surface area contributed by atoms with Crippen LogP contribution in [0.4, 0.5) is 0 Å². The van der Waals surface area contributed by atoms with Gasteiger partial charge in [0.15, 0.2) is 6.61 Å². The second-order valence-corrected chi connectivity index (χ2v) is 4.99.